The minimum atomic E-state index is 0.421. The molecule has 1 atom stereocenters. The van der Waals surface area contributed by atoms with Gasteiger partial charge in [0, 0.05) is 30.8 Å². The quantitative estimate of drug-likeness (QED) is 0.470. The van der Waals surface area contributed by atoms with Crippen LogP contribution in [-0.2, 0) is 6.42 Å². The van der Waals surface area contributed by atoms with Gasteiger partial charge in [0.25, 0.3) is 0 Å². The van der Waals surface area contributed by atoms with E-state index in [1.54, 1.807) is 7.05 Å². The van der Waals surface area contributed by atoms with Crippen LogP contribution in [0.1, 0.15) is 44.7 Å². The number of hydrogen-bond donors (Lipinski definition) is 1. The van der Waals surface area contributed by atoms with Crippen molar-refractivity contribution in [2.24, 2.45) is 10.7 Å². The molecule has 2 N–H and O–H groups in total. The van der Waals surface area contributed by atoms with Crippen LogP contribution in [0.5, 0.6) is 0 Å². The van der Waals surface area contributed by atoms with Gasteiger partial charge in [0.15, 0.2) is 0 Å². The molecule has 0 bridgehead atoms. The van der Waals surface area contributed by atoms with E-state index in [1.165, 1.54) is 22.5 Å². The number of nitrogens with two attached hydrogens (primary N) is 1. The maximum absolute atomic E-state index is 6.51. The third-order valence-electron chi connectivity index (χ3n) is 4.82. The fourth-order valence-corrected chi connectivity index (χ4v) is 3.42. The lowest BCUT2D eigenvalue weighted by molar-refractivity contribution is 0.563. The molecule has 0 spiro atoms. The summed E-state index contributed by atoms with van der Waals surface area (Å²) < 4.78 is 0.471. The van der Waals surface area contributed by atoms with Crippen molar-refractivity contribution >= 4 is 17.3 Å². The summed E-state index contributed by atoms with van der Waals surface area (Å²) in [6, 6.07) is 17.3. The van der Waals surface area contributed by atoms with E-state index < -0.39 is 0 Å². The Labute approximate surface area is 146 Å². The number of benzene rings is 2. The van der Waals surface area contributed by atoms with E-state index in [1.807, 2.05) is 0 Å². The Bertz CT molecular complexity index is 719. The van der Waals surface area contributed by atoms with E-state index in [0.29, 0.717) is 16.4 Å². The molecule has 0 saturated carbocycles. The molecule has 0 saturated heterocycles. The fraction of sp³-hybridized carbons (Fsp3) is 0.381. The molecule has 0 amide bonds. The normalized spacial score (nSPS) is 14.7. The van der Waals surface area contributed by atoms with Gasteiger partial charge in [-0.05, 0) is 24.8 Å². The number of aliphatic imine (C=N–C) groups is 1. The van der Waals surface area contributed by atoms with Gasteiger partial charge in [0.05, 0.1) is 6.54 Å². The molecule has 1 unspecified atom stereocenters. The highest BCUT2D eigenvalue weighted by Gasteiger charge is 2.39. The van der Waals surface area contributed by atoms with Gasteiger partial charge in [-0.2, -0.15) is 4.48 Å². The van der Waals surface area contributed by atoms with Crippen LogP contribution in [0.3, 0.4) is 0 Å². The van der Waals surface area contributed by atoms with Gasteiger partial charge < -0.3 is 5.73 Å². The van der Waals surface area contributed by atoms with Crippen LogP contribution >= 0.6 is 0 Å². The van der Waals surface area contributed by atoms with Gasteiger partial charge in [-0.1, -0.05) is 51.1 Å². The first-order valence-electron chi connectivity index (χ1n) is 8.81. The summed E-state index contributed by atoms with van der Waals surface area (Å²) in [6.07, 6.45) is 1.01. The lowest BCUT2D eigenvalue weighted by Gasteiger charge is -2.36. The minimum absolute atomic E-state index is 0.421. The van der Waals surface area contributed by atoms with Crippen molar-refractivity contribution < 1.29 is 0 Å². The van der Waals surface area contributed by atoms with Crippen LogP contribution in [0.4, 0.5) is 11.4 Å². The summed E-state index contributed by atoms with van der Waals surface area (Å²) in [7, 11) is 1.78. The lowest BCUT2D eigenvalue weighted by Crippen LogP contribution is -2.54. The van der Waals surface area contributed by atoms with Crippen molar-refractivity contribution in [1.82, 2.24) is 4.48 Å². The van der Waals surface area contributed by atoms with E-state index in [-0.39, 0.29) is 0 Å². The standard InChI is InChI=1S/C21H30N3/c1-6-17-11-10-12-18(15-17)24(7-2,21(22)23-5)20-14-9-8-13-19(20)16(3)4/h8-16H,6-7H2,1-5H3,(H2,22,23)/q+1. The second-order valence-corrected chi connectivity index (χ2v) is 6.44. The second-order valence-electron chi connectivity index (χ2n) is 6.44. The molecule has 2 rings (SSSR count). The highest BCUT2D eigenvalue weighted by atomic mass is 15.4. The lowest BCUT2D eigenvalue weighted by atomic mass is 9.98. The molecule has 0 aliphatic rings. The Morgan fingerprint density at radius 3 is 2.38 bits per heavy atom. The fourth-order valence-electron chi connectivity index (χ4n) is 3.42. The number of guanidine groups is 1. The summed E-state index contributed by atoms with van der Waals surface area (Å²) in [6.45, 7) is 9.63. The van der Waals surface area contributed by atoms with Crippen molar-refractivity contribution in [3.05, 3.63) is 59.7 Å². The van der Waals surface area contributed by atoms with Crippen LogP contribution in [0.2, 0.25) is 0 Å². The first-order chi connectivity index (χ1) is 11.5. The number of rotatable bonds is 5. The Balaban J connectivity index is 2.83. The van der Waals surface area contributed by atoms with Crippen molar-refractivity contribution in [3.63, 3.8) is 0 Å². The zero-order valence-electron chi connectivity index (χ0n) is 15.6. The van der Waals surface area contributed by atoms with E-state index in [9.17, 15) is 0 Å². The van der Waals surface area contributed by atoms with Gasteiger partial charge in [0.2, 0.25) is 0 Å². The number of aryl methyl sites for hydroxylation is 1. The van der Waals surface area contributed by atoms with E-state index >= 15 is 0 Å². The molecule has 2 aromatic carbocycles. The van der Waals surface area contributed by atoms with Crippen molar-refractivity contribution in [2.75, 3.05) is 13.6 Å². The molecule has 0 aromatic heterocycles. The van der Waals surface area contributed by atoms with Crippen LogP contribution in [0, 0.1) is 0 Å². The van der Waals surface area contributed by atoms with Crippen molar-refractivity contribution in [2.45, 2.75) is 40.0 Å². The molecular weight excluding hydrogens is 294 g/mol. The van der Waals surface area contributed by atoms with Gasteiger partial charge in [-0.25, -0.2) is 4.99 Å². The Kier molecular flexibility index (Phi) is 5.79. The predicted molar refractivity (Wildman–Crippen MR) is 106 cm³/mol. The summed E-state index contributed by atoms with van der Waals surface area (Å²) in [4.78, 5) is 4.41. The molecule has 0 fully saturated rings. The highest BCUT2D eigenvalue weighted by molar-refractivity contribution is 5.97. The minimum Gasteiger partial charge on any atom is -0.337 e. The zero-order valence-corrected chi connectivity index (χ0v) is 15.6. The van der Waals surface area contributed by atoms with Gasteiger partial charge in [0.1, 0.15) is 11.4 Å². The molecule has 24 heavy (non-hydrogen) atoms. The molecular formula is C21H30N3+. The molecule has 0 aliphatic carbocycles. The molecule has 0 heterocycles. The first-order valence-corrected chi connectivity index (χ1v) is 8.81. The smallest absolute Gasteiger partial charge is 0.305 e. The Morgan fingerprint density at radius 1 is 1.08 bits per heavy atom. The van der Waals surface area contributed by atoms with Crippen LogP contribution in [-0.4, -0.2) is 19.6 Å². The molecule has 2 aromatic rings. The van der Waals surface area contributed by atoms with Crippen LogP contribution in [0.25, 0.3) is 0 Å². The second kappa shape index (κ2) is 7.63. The Hall–Kier alpha value is -2.13. The maximum Gasteiger partial charge on any atom is 0.305 e. The summed E-state index contributed by atoms with van der Waals surface area (Å²) >= 11 is 0. The zero-order chi connectivity index (χ0) is 17.7. The predicted octanol–water partition coefficient (Wildman–Crippen LogP) is 4.98. The Morgan fingerprint density at radius 2 is 1.79 bits per heavy atom. The van der Waals surface area contributed by atoms with Gasteiger partial charge in [-0.15, -0.1) is 0 Å². The number of nitrogens with zero attached hydrogens (tertiary/aromatic N) is 2. The molecule has 3 heteroatoms. The third kappa shape index (κ3) is 3.09. The molecule has 0 radical (unpaired) electrons. The van der Waals surface area contributed by atoms with E-state index in [0.717, 1.165) is 13.0 Å². The van der Waals surface area contributed by atoms with Gasteiger partial charge >= 0.3 is 5.96 Å². The largest absolute Gasteiger partial charge is 0.337 e. The van der Waals surface area contributed by atoms with Crippen LogP contribution < -0.4 is 10.2 Å². The van der Waals surface area contributed by atoms with Gasteiger partial charge in [-0.3, -0.25) is 0 Å². The highest BCUT2D eigenvalue weighted by Crippen LogP contribution is 2.40. The van der Waals surface area contributed by atoms with Crippen molar-refractivity contribution in [3.8, 4) is 0 Å². The summed E-state index contributed by atoms with van der Waals surface area (Å²) in [5.41, 5.74) is 11.5. The summed E-state index contributed by atoms with van der Waals surface area (Å²) in [5.74, 6) is 1.04. The average molecular weight is 324 g/mol. The maximum atomic E-state index is 6.51. The number of hydrogen-bond acceptors (Lipinski definition) is 1. The van der Waals surface area contributed by atoms with Crippen molar-refractivity contribution in [1.29, 1.82) is 0 Å². The topological polar surface area (TPSA) is 38.4 Å². The molecule has 128 valence electrons. The average Bonchev–Trinajstić information content (AvgIpc) is 2.63. The monoisotopic (exact) mass is 324 g/mol. The van der Waals surface area contributed by atoms with E-state index in [4.69, 9.17) is 5.73 Å². The number of para-hydroxylation sites is 1. The molecule has 3 nitrogen and oxygen atoms in total. The van der Waals surface area contributed by atoms with E-state index in [2.05, 4.69) is 81.2 Å². The van der Waals surface area contributed by atoms with Crippen LogP contribution in [0.15, 0.2) is 53.5 Å². The number of quaternary nitrogens is 1. The third-order valence-corrected chi connectivity index (χ3v) is 4.82. The molecule has 0 aliphatic heterocycles. The summed E-state index contributed by atoms with van der Waals surface area (Å²) in [5, 5.41) is 0. The SMILES string of the molecule is CCc1cccc([N+](CC)(C(N)=NC)c2ccccc2C(C)C)c1. The first kappa shape index (κ1) is 18.2.